The molecule has 9 heavy (non-hydrogen) atoms. The summed E-state index contributed by atoms with van der Waals surface area (Å²) < 4.78 is 0. The molecule has 1 N–H and O–H groups in total. The lowest BCUT2D eigenvalue weighted by Crippen LogP contribution is -1.91. The number of amidine groups is 1. The van der Waals surface area contributed by atoms with E-state index in [0.29, 0.717) is 11.0 Å². The number of nitrogens with one attached hydrogen (secondary N) is 1. The molecule has 0 bridgehead atoms. The zero-order valence-corrected chi connectivity index (χ0v) is 6.41. The molecule has 0 aromatic heterocycles. The first-order valence-electron chi connectivity index (χ1n) is 2.71. The third kappa shape index (κ3) is 2.37. The average Bonchev–Trinajstić information content (AvgIpc) is 2.40. The van der Waals surface area contributed by atoms with Gasteiger partial charge in [-0.3, -0.25) is 5.41 Å². The van der Waals surface area contributed by atoms with Gasteiger partial charge in [0.05, 0.1) is 5.04 Å². The Hall–Kier alpha value is -0.0200. The lowest BCUT2D eigenvalue weighted by molar-refractivity contribution is 1.22. The van der Waals surface area contributed by atoms with Gasteiger partial charge in [-0.15, -0.1) is 12.6 Å². The monoisotopic (exact) mass is 162 g/mol. The second-order valence-corrected chi connectivity index (χ2v) is 2.85. The van der Waals surface area contributed by atoms with Crippen molar-refractivity contribution in [2.45, 2.75) is 12.8 Å². The zero-order valence-electron chi connectivity index (χ0n) is 4.76. The molecule has 0 heterocycles. The normalized spacial score (nSPS) is 20.0. The van der Waals surface area contributed by atoms with Crippen LogP contribution >= 0.6 is 24.2 Å². The van der Waals surface area contributed by atoms with Gasteiger partial charge in [0, 0.05) is 5.92 Å². The smallest absolute Gasteiger partial charge is 0.215 e. The molecule has 1 fully saturated rings. The van der Waals surface area contributed by atoms with Crippen LogP contribution in [-0.4, -0.2) is 10.3 Å². The van der Waals surface area contributed by atoms with E-state index in [9.17, 15) is 0 Å². The van der Waals surface area contributed by atoms with Gasteiger partial charge in [0.15, 0.2) is 0 Å². The first kappa shape index (κ1) is 7.09. The zero-order chi connectivity index (χ0) is 6.85. The number of thiol groups is 1. The summed E-state index contributed by atoms with van der Waals surface area (Å²) in [6.07, 6.45) is 2.29. The van der Waals surface area contributed by atoms with Crippen LogP contribution < -0.4 is 0 Å². The quantitative estimate of drug-likeness (QED) is 0.256. The maximum Gasteiger partial charge on any atom is 0.215 e. The van der Waals surface area contributed by atoms with Crippen LogP contribution in [0, 0.1) is 11.3 Å². The highest BCUT2D eigenvalue weighted by Crippen LogP contribution is 2.31. The summed E-state index contributed by atoms with van der Waals surface area (Å²) in [5.74, 6) is 0.493. The fourth-order valence-corrected chi connectivity index (χ4v) is 1.04. The first-order chi connectivity index (χ1) is 4.20. The molecular weight excluding hydrogens is 156 g/mol. The number of hydrogen-bond donors (Lipinski definition) is 2. The highest BCUT2D eigenvalue weighted by Gasteiger charge is 2.25. The molecule has 2 nitrogen and oxygen atoms in total. The van der Waals surface area contributed by atoms with Crippen molar-refractivity contribution in [3.8, 4) is 0 Å². The number of hydrogen-bond acceptors (Lipinski definition) is 1. The summed E-state index contributed by atoms with van der Waals surface area (Å²) in [5, 5.41) is 7.30. The highest BCUT2D eigenvalue weighted by atomic mass is 35.5. The van der Waals surface area contributed by atoms with Crippen LogP contribution in [0.15, 0.2) is 4.99 Å². The van der Waals surface area contributed by atoms with E-state index in [2.05, 4.69) is 17.6 Å². The molecule has 0 radical (unpaired) electrons. The minimum Gasteiger partial charge on any atom is -0.272 e. The van der Waals surface area contributed by atoms with E-state index in [1.54, 1.807) is 0 Å². The van der Waals surface area contributed by atoms with E-state index in [4.69, 9.17) is 17.0 Å². The van der Waals surface area contributed by atoms with Gasteiger partial charge in [-0.1, -0.05) is 0 Å². The van der Waals surface area contributed by atoms with E-state index in [1.165, 1.54) is 0 Å². The number of nitrogens with zero attached hydrogens (tertiary/aromatic N) is 1. The molecule has 0 saturated heterocycles. The maximum absolute atomic E-state index is 6.77. The van der Waals surface area contributed by atoms with Gasteiger partial charge < -0.3 is 0 Å². The molecule has 1 rings (SSSR count). The molecule has 0 aromatic rings. The van der Waals surface area contributed by atoms with Crippen molar-refractivity contribution in [3.63, 3.8) is 0 Å². The number of halogens is 1. The molecule has 0 unspecified atom stereocenters. The standard InChI is InChI=1S/C5H7ClN2S/c6-5(7)8-4(9)3-1-2-3/h3H,1-2H2,(H2,7,8,9). The minimum atomic E-state index is -0.174. The summed E-state index contributed by atoms with van der Waals surface area (Å²) >= 11 is 9.24. The summed E-state index contributed by atoms with van der Waals surface area (Å²) in [6, 6.07) is 0. The summed E-state index contributed by atoms with van der Waals surface area (Å²) in [6.45, 7) is 0. The van der Waals surface area contributed by atoms with Gasteiger partial charge in [-0.2, -0.15) is 0 Å². The maximum atomic E-state index is 6.77. The Labute approximate surface area is 64.2 Å². The lowest BCUT2D eigenvalue weighted by Gasteiger charge is -1.89. The highest BCUT2D eigenvalue weighted by molar-refractivity contribution is 7.97. The van der Waals surface area contributed by atoms with E-state index < -0.39 is 0 Å². The van der Waals surface area contributed by atoms with Crippen LogP contribution in [0.25, 0.3) is 0 Å². The van der Waals surface area contributed by atoms with Crippen LogP contribution in [0.2, 0.25) is 0 Å². The summed E-state index contributed by atoms with van der Waals surface area (Å²) in [7, 11) is 0. The molecule has 0 aliphatic heterocycles. The van der Waals surface area contributed by atoms with Crippen molar-refractivity contribution in [3.05, 3.63) is 0 Å². The van der Waals surface area contributed by atoms with Gasteiger partial charge in [-0.05, 0) is 24.4 Å². The van der Waals surface area contributed by atoms with E-state index >= 15 is 0 Å². The molecule has 0 atom stereocenters. The van der Waals surface area contributed by atoms with Gasteiger partial charge >= 0.3 is 0 Å². The van der Waals surface area contributed by atoms with Crippen molar-refractivity contribution in [2.24, 2.45) is 10.9 Å². The van der Waals surface area contributed by atoms with Crippen molar-refractivity contribution in [2.75, 3.05) is 0 Å². The van der Waals surface area contributed by atoms with Gasteiger partial charge in [0.25, 0.3) is 0 Å². The topological polar surface area (TPSA) is 36.2 Å². The van der Waals surface area contributed by atoms with Crippen LogP contribution in [0.5, 0.6) is 0 Å². The second-order valence-electron chi connectivity index (χ2n) is 2.04. The van der Waals surface area contributed by atoms with Crippen molar-refractivity contribution in [1.29, 1.82) is 5.41 Å². The number of rotatable bonds is 1. The molecule has 1 aliphatic carbocycles. The predicted octanol–water partition coefficient (Wildman–Crippen LogP) is 1.90. The Balaban J connectivity index is 2.47. The molecule has 0 spiro atoms. The van der Waals surface area contributed by atoms with Crippen LogP contribution in [0.1, 0.15) is 12.8 Å². The predicted molar refractivity (Wildman–Crippen MR) is 42.7 cm³/mol. The van der Waals surface area contributed by atoms with Crippen molar-refractivity contribution >= 4 is 34.6 Å². The molecule has 0 aromatic carbocycles. The molecule has 1 aliphatic rings. The molecule has 4 heteroatoms. The largest absolute Gasteiger partial charge is 0.272 e. The first-order valence-corrected chi connectivity index (χ1v) is 3.54. The van der Waals surface area contributed by atoms with Gasteiger partial charge in [-0.25, -0.2) is 4.99 Å². The SMILES string of the molecule is N=C(Cl)/N=C(\S)C1CC1. The molecular formula is C5H7ClN2S. The lowest BCUT2D eigenvalue weighted by atomic mass is 10.5. The average molecular weight is 163 g/mol. The number of aliphatic imine (C=N–C) groups is 1. The summed E-state index contributed by atoms with van der Waals surface area (Å²) in [5.41, 5.74) is 0. The minimum absolute atomic E-state index is 0.174. The Morgan fingerprint density at radius 3 is 2.56 bits per heavy atom. The molecule has 0 amide bonds. The fourth-order valence-electron chi connectivity index (χ4n) is 0.533. The van der Waals surface area contributed by atoms with Crippen LogP contribution in [0.3, 0.4) is 0 Å². The third-order valence-electron chi connectivity index (χ3n) is 1.16. The molecule has 50 valence electrons. The van der Waals surface area contributed by atoms with E-state index in [0.717, 1.165) is 12.8 Å². The Bertz CT molecular complexity index is 162. The summed E-state index contributed by atoms with van der Waals surface area (Å²) in [4.78, 5) is 3.67. The van der Waals surface area contributed by atoms with Gasteiger partial charge in [0.2, 0.25) is 5.29 Å². The van der Waals surface area contributed by atoms with Crippen molar-refractivity contribution in [1.82, 2.24) is 0 Å². The van der Waals surface area contributed by atoms with Crippen molar-refractivity contribution < 1.29 is 0 Å². The Morgan fingerprint density at radius 2 is 2.22 bits per heavy atom. The van der Waals surface area contributed by atoms with Crippen LogP contribution in [-0.2, 0) is 0 Å². The Kier molecular flexibility index (Phi) is 2.13. The second kappa shape index (κ2) is 2.71. The van der Waals surface area contributed by atoms with E-state index in [1.807, 2.05) is 0 Å². The molecule has 1 saturated carbocycles. The van der Waals surface area contributed by atoms with Gasteiger partial charge in [0.1, 0.15) is 0 Å². The fraction of sp³-hybridized carbons (Fsp3) is 0.600. The van der Waals surface area contributed by atoms with E-state index in [-0.39, 0.29) is 5.29 Å². The third-order valence-corrected chi connectivity index (χ3v) is 1.70. The Morgan fingerprint density at radius 1 is 1.67 bits per heavy atom. The van der Waals surface area contributed by atoms with Crippen LogP contribution in [0.4, 0.5) is 0 Å².